The van der Waals surface area contributed by atoms with Crippen LogP contribution in [0, 0.1) is 11.6 Å². The number of benzene rings is 1. The number of halogens is 2. The zero-order valence-corrected chi connectivity index (χ0v) is 14.3. The largest absolute Gasteiger partial charge is 0.419 e. The molecule has 0 N–H and O–H groups in total. The Morgan fingerprint density at radius 2 is 2.12 bits per heavy atom. The molecule has 1 unspecified atom stereocenters. The minimum absolute atomic E-state index is 0.0729. The van der Waals surface area contributed by atoms with Gasteiger partial charge in [0.2, 0.25) is 11.8 Å². The van der Waals surface area contributed by atoms with Gasteiger partial charge in [0.15, 0.2) is 11.6 Å². The lowest BCUT2D eigenvalue weighted by atomic mass is 10.0. The van der Waals surface area contributed by atoms with E-state index in [1.807, 2.05) is 16.8 Å². The van der Waals surface area contributed by atoms with Crippen LogP contribution in [0.1, 0.15) is 36.8 Å². The van der Waals surface area contributed by atoms with Crippen LogP contribution in [0.5, 0.6) is 0 Å². The van der Waals surface area contributed by atoms with Crippen molar-refractivity contribution >= 4 is 11.3 Å². The summed E-state index contributed by atoms with van der Waals surface area (Å²) >= 11 is 1.57. The van der Waals surface area contributed by atoms with Crippen LogP contribution in [-0.2, 0) is 6.54 Å². The van der Waals surface area contributed by atoms with Gasteiger partial charge in [-0.15, -0.1) is 10.2 Å². The Morgan fingerprint density at radius 1 is 1.20 bits per heavy atom. The first kappa shape index (κ1) is 16.4. The molecule has 1 atom stereocenters. The predicted molar refractivity (Wildman–Crippen MR) is 91.0 cm³/mol. The number of hydrogen-bond acceptors (Lipinski definition) is 5. The monoisotopic (exact) mass is 361 g/mol. The van der Waals surface area contributed by atoms with Crippen molar-refractivity contribution in [3.63, 3.8) is 0 Å². The van der Waals surface area contributed by atoms with Gasteiger partial charge in [-0.3, -0.25) is 4.90 Å². The van der Waals surface area contributed by atoms with Crippen LogP contribution >= 0.6 is 11.3 Å². The highest BCUT2D eigenvalue weighted by Gasteiger charge is 2.29. The third-order valence-electron chi connectivity index (χ3n) is 4.51. The lowest BCUT2D eigenvalue weighted by Gasteiger charge is -2.33. The van der Waals surface area contributed by atoms with Crippen molar-refractivity contribution in [1.82, 2.24) is 15.1 Å². The molecule has 1 fully saturated rings. The van der Waals surface area contributed by atoms with Gasteiger partial charge in [-0.1, -0.05) is 18.6 Å². The van der Waals surface area contributed by atoms with Crippen molar-refractivity contribution in [2.45, 2.75) is 31.8 Å². The van der Waals surface area contributed by atoms with Gasteiger partial charge in [0.05, 0.1) is 6.04 Å². The topological polar surface area (TPSA) is 42.2 Å². The van der Waals surface area contributed by atoms with E-state index < -0.39 is 11.6 Å². The predicted octanol–water partition coefficient (Wildman–Crippen LogP) is 4.80. The summed E-state index contributed by atoms with van der Waals surface area (Å²) in [5, 5.41) is 12.3. The molecule has 4 rings (SSSR count). The average Bonchev–Trinajstić information content (AvgIpc) is 3.30. The number of likely N-dealkylation sites (tertiary alicyclic amines) is 1. The van der Waals surface area contributed by atoms with Gasteiger partial charge >= 0.3 is 0 Å². The van der Waals surface area contributed by atoms with E-state index in [0.717, 1.165) is 37.4 Å². The summed E-state index contributed by atoms with van der Waals surface area (Å²) in [6, 6.07) is 6.15. The quantitative estimate of drug-likeness (QED) is 0.669. The Bertz CT molecular complexity index is 850. The Hall–Kier alpha value is -2.12. The number of hydrogen-bond donors (Lipinski definition) is 0. The first-order chi connectivity index (χ1) is 12.2. The standard InChI is InChI=1S/C18H17F2N3OS/c19-14-5-3-4-12(16(14)20)10-23-8-2-1-6-15(23)18-22-21-17(24-18)13-7-9-25-11-13/h3-5,7,9,11,15H,1-2,6,8,10H2. The van der Waals surface area contributed by atoms with Crippen molar-refractivity contribution in [2.75, 3.05) is 6.54 Å². The smallest absolute Gasteiger partial charge is 0.248 e. The maximum atomic E-state index is 14.0. The van der Waals surface area contributed by atoms with Crippen molar-refractivity contribution in [2.24, 2.45) is 0 Å². The van der Waals surface area contributed by atoms with Crippen molar-refractivity contribution in [3.8, 4) is 11.5 Å². The molecule has 0 bridgehead atoms. The molecular weight excluding hydrogens is 344 g/mol. The Balaban J connectivity index is 1.58. The fourth-order valence-electron chi connectivity index (χ4n) is 3.22. The summed E-state index contributed by atoms with van der Waals surface area (Å²) in [7, 11) is 0. The fourth-order valence-corrected chi connectivity index (χ4v) is 3.85. The first-order valence-corrected chi connectivity index (χ1v) is 9.19. The van der Waals surface area contributed by atoms with Crippen LogP contribution in [0.3, 0.4) is 0 Å². The van der Waals surface area contributed by atoms with E-state index in [1.54, 1.807) is 17.4 Å². The molecule has 1 saturated heterocycles. The highest BCUT2D eigenvalue weighted by molar-refractivity contribution is 7.08. The third-order valence-corrected chi connectivity index (χ3v) is 5.20. The second-order valence-corrected chi connectivity index (χ2v) is 6.93. The van der Waals surface area contributed by atoms with Gasteiger partial charge in [-0.25, -0.2) is 8.78 Å². The number of rotatable bonds is 4. The minimum atomic E-state index is -0.816. The zero-order valence-electron chi connectivity index (χ0n) is 13.5. The molecule has 3 aromatic rings. The van der Waals surface area contributed by atoms with Gasteiger partial charge < -0.3 is 4.42 Å². The highest BCUT2D eigenvalue weighted by atomic mass is 32.1. The Labute approximate surface area is 148 Å². The first-order valence-electron chi connectivity index (χ1n) is 8.25. The molecule has 1 aliphatic rings. The van der Waals surface area contributed by atoms with Crippen LogP contribution < -0.4 is 0 Å². The van der Waals surface area contributed by atoms with Crippen LogP contribution in [0.4, 0.5) is 8.78 Å². The second kappa shape index (κ2) is 7.01. The zero-order chi connectivity index (χ0) is 17.2. The Morgan fingerprint density at radius 3 is 2.96 bits per heavy atom. The summed E-state index contributed by atoms with van der Waals surface area (Å²) in [6.07, 6.45) is 2.92. The van der Waals surface area contributed by atoms with Crippen molar-refractivity contribution in [1.29, 1.82) is 0 Å². The van der Waals surface area contributed by atoms with Crippen LogP contribution in [-0.4, -0.2) is 21.6 Å². The number of piperidine rings is 1. The lowest BCUT2D eigenvalue weighted by Crippen LogP contribution is -2.33. The Kier molecular flexibility index (Phi) is 4.59. The molecule has 2 aromatic heterocycles. The number of thiophene rings is 1. The average molecular weight is 361 g/mol. The van der Waals surface area contributed by atoms with Gasteiger partial charge in [-0.05, 0) is 36.9 Å². The molecule has 1 aliphatic heterocycles. The SMILES string of the molecule is Fc1cccc(CN2CCCCC2c2nnc(-c3ccsc3)o2)c1F. The minimum Gasteiger partial charge on any atom is -0.419 e. The third kappa shape index (κ3) is 3.34. The van der Waals surface area contributed by atoms with E-state index in [-0.39, 0.29) is 6.04 Å². The number of nitrogens with zero attached hydrogens (tertiary/aromatic N) is 3. The van der Waals surface area contributed by atoms with E-state index >= 15 is 0 Å². The molecular formula is C18H17F2N3OS. The molecule has 0 amide bonds. The maximum absolute atomic E-state index is 14.0. The molecule has 0 spiro atoms. The van der Waals surface area contributed by atoms with Gasteiger partial charge in [-0.2, -0.15) is 11.3 Å². The van der Waals surface area contributed by atoms with Crippen LogP contribution in [0.2, 0.25) is 0 Å². The molecule has 7 heteroatoms. The summed E-state index contributed by atoms with van der Waals surface area (Å²) in [5.41, 5.74) is 1.26. The molecule has 25 heavy (non-hydrogen) atoms. The molecule has 1 aromatic carbocycles. The summed E-state index contributed by atoms with van der Waals surface area (Å²) in [4.78, 5) is 2.09. The van der Waals surface area contributed by atoms with Crippen molar-refractivity contribution in [3.05, 3.63) is 58.1 Å². The van der Waals surface area contributed by atoms with Gasteiger partial charge in [0.1, 0.15) is 0 Å². The second-order valence-electron chi connectivity index (χ2n) is 6.15. The molecule has 3 heterocycles. The molecule has 0 saturated carbocycles. The van der Waals surface area contributed by atoms with E-state index in [2.05, 4.69) is 15.1 Å². The molecule has 0 aliphatic carbocycles. The van der Waals surface area contributed by atoms with E-state index in [4.69, 9.17) is 4.42 Å². The summed E-state index contributed by atoms with van der Waals surface area (Å²) in [5.74, 6) is -0.559. The van der Waals surface area contributed by atoms with E-state index in [9.17, 15) is 8.78 Å². The lowest BCUT2D eigenvalue weighted by molar-refractivity contribution is 0.116. The van der Waals surface area contributed by atoms with Crippen molar-refractivity contribution < 1.29 is 13.2 Å². The van der Waals surface area contributed by atoms with Crippen LogP contribution in [0.15, 0.2) is 39.4 Å². The van der Waals surface area contributed by atoms with E-state index in [1.165, 1.54) is 6.07 Å². The fraction of sp³-hybridized carbons (Fsp3) is 0.333. The summed E-state index contributed by atoms with van der Waals surface area (Å²) < 4.78 is 33.4. The number of aromatic nitrogens is 2. The highest BCUT2D eigenvalue weighted by Crippen LogP contribution is 2.33. The van der Waals surface area contributed by atoms with Crippen LogP contribution in [0.25, 0.3) is 11.5 Å². The summed E-state index contributed by atoms with van der Waals surface area (Å²) in [6.45, 7) is 1.11. The van der Waals surface area contributed by atoms with Gasteiger partial charge in [0, 0.05) is 23.1 Å². The van der Waals surface area contributed by atoms with Gasteiger partial charge in [0.25, 0.3) is 0 Å². The molecule has 4 nitrogen and oxygen atoms in total. The normalized spacial score (nSPS) is 18.6. The molecule has 130 valence electrons. The maximum Gasteiger partial charge on any atom is 0.248 e. The molecule has 0 radical (unpaired) electrons. The van der Waals surface area contributed by atoms with E-state index in [0.29, 0.717) is 23.9 Å².